The van der Waals surface area contributed by atoms with Crippen LogP contribution in [0, 0.1) is 0 Å². The molecule has 0 saturated carbocycles. The van der Waals surface area contributed by atoms with Crippen LogP contribution in [-0.2, 0) is 15.3 Å². The smallest absolute Gasteiger partial charge is 0.180 e. The van der Waals surface area contributed by atoms with Gasteiger partial charge in [-0.1, -0.05) is 32.9 Å². The highest BCUT2D eigenvalue weighted by Gasteiger charge is 2.18. The van der Waals surface area contributed by atoms with E-state index in [2.05, 4.69) is 0 Å². The largest absolute Gasteiger partial charge is 0.395 e. The van der Waals surface area contributed by atoms with Gasteiger partial charge in [0.25, 0.3) is 0 Å². The average Bonchev–Trinajstić information content (AvgIpc) is 2.16. The Balaban J connectivity index is 3.19. The third kappa shape index (κ3) is 3.06. The predicted molar refractivity (Wildman–Crippen MR) is 64.3 cm³/mol. The van der Waals surface area contributed by atoms with E-state index >= 15 is 0 Å². The maximum Gasteiger partial charge on any atom is 0.180 e. The Morgan fingerprint density at radius 1 is 1.25 bits per heavy atom. The summed E-state index contributed by atoms with van der Waals surface area (Å²) in [5, 5.41) is 8.71. The summed E-state index contributed by atoms with van der Waals surface area (Å²) in [5.74, 6) is -0.222. The Morgan fingerprint density at radius 3 is 2.38 bits per heavy atom. The molecule has 0 spiro atoms. The normalized spacial score (nSPS) is 12.8. The summed E-state index contributed by atoms with van der Waals surface area (Å²) in [6, 6.07) is 6.91. The van der Waals surface area contributed by atoms with Crippen LogP contribution in [0.2, 0.25) is 0 Å². The summed E-state index contributed by atoms with van der Waals surface area (Å²) in [7, 11) is -3.34. The predicted octanol–water partition coefficient (Wildman–Crippen LogP) is 1.75. The van der Waals surface area contributed by atoms with Gasteiger partial charge < -0.3 is 5.11 Å². The molecule has 0 bridgehead atoms. The standard InChI is InChI=1S/C12H18O3S/c1-12(2,3)10-5-4-6-11(9-10)16(14,15)8-7-13/h4-6,9,13H,7-8H2,1-3H3. The van der Waals surface area contributed by atoms with E-state index in [1.165, 1.54) is 0 Å². The molecular formula is C12H18O3S. The molecule has 4 heteroatoms. The van der Waals surface area contributed by atoms with E-state index in [9.17, 15) is 8.42 Å². The zero-order valence-corrected chi connectivity index (χ0v) is 10.7. The summed E-state index contributed by atoms with van der Waals surface area (Å²) >= 11 is 0. The molecule has 1 N–H and O–H groups in total. The molecule has 0 heterocycles. The van der Waals surface area contributed by atoms with E-state index in [0.717, 1.165) is 5.56 Å². The lowest BCUT2D eigenvalue weighted by molar-refractivity contribution is 0.319. The molecule has 1 aromatic carbocycles. The van der Waals surface area contributed by atoms with Crippen molar-refractivity contribution in [1.82, 2.24) is 0 Å². The van der Waals surface area contributed by atoms with Crippen molar-refractivity contribution >= 4 is 9.84 Å². The minimum Gasteiger partial charge on any atom is -0.395 e. The van der Waals surface area contributed by atoms with Crippen LogP contribution < -0.4 is 0 Å². The Labute approximate surface area is 97.0 Å². The molecule has 0 aliphatic carbocycles. The van der Waals surface area contributed by atoms with Crippen LogP contribution in [0.5, 0.6) is 0 Å². The van der Waals surface area contributed by atoms with Crippen molar-refractivity contribution in [3.8, 4) is 0 Å². The summed E-state index contributed by atoms with van der Waals surface area (Å²) in [5.41, 5.74) is 0.900. The summed E-state index contributed by atoms with van der Waals surface area (Å²) < 4.78 is 23.5. The second-order valence-corrected chi connectivity index (χ2v) is 6.93. The van der Waals surface area contributed by atoms with Gasteiger partial charge in [-0.3, -0.25) is 0 Å². The monoisotopic (exact) mass is 242 g/mol. The Kier molecular flexibility index (Phi) is 3.76. The van der Waals surface area contributed by atoms with Crippen molar-refractivity contribution in [1.29, 1.82) is 0 Å². The Morgan fingerprint density at radius 2 is 1.88 bits per heavy atom. The molecule has 0 aliphatic rings. The van der Waals surface area contributed by atoms with Gasteiger partial charge in [0.05, 0.1) is 17.3 Å². The fourth-order valence-corrected chi connectivity index (χ4v) is 2.46. The lowest BCUT2D eigenvalue weighted by Gasteiger charge is -2.19. The van der Waals surface area contributed by atoms with Crippen molar-refractivity contribution in [2.24, 2.45) is 0 Å². The molecule has 0 fully saturated rings. The zero-order chi connectivity index (χ0) is 12.4. The van der Waals surface area contributed by atoms with Crippen molar-refractivity contribution < 1.29 is 13.5 Å². The Hall–Kier alpha value is -0.870. The van der Waals surface area contributed by atoms with Crippen LogP contribution in [0.1, 0.15) is 26.3 Å². The maximum atomic E-state index is 11.8. The van der Waals surface area contributed by atoms with Gasteiger partial charge in [0.15, 0.2) is 9.84 Å². The second kappa shape index (κ2) is 4.55. The number of sulfone groups is 1. The molecule has 0 amide bonds. The first-order chi connectivity index (χ1) is 7.27. The van der Waals surface area contributed by atoms with Crippen molar-refractivity contribution in [3.63, 3.8) is 0 Å². The lowest BCUT2D eigenvalue weighted by Crippen LogP contribution is -2.14. The number of hydrogen-bond acceptors (Lipinski definition) is 3. The van der Waals surface area contributed by atoms with Gasteiger partial charge in [-0.05, 0) is 23.1 Å². The maximum absolute atomic E-state index is 11.8. The first-order valence-electron chi connectivity index (χ1n) is 5.21. The first-order valence-corrected chi connectivity index (χ1v) is 6.87. The average molecular weight is 242 g/mol. The molecular weight excluding hydrogens is 224 g/mol. The van der Waals surface area contributed by atoms with E-state index < -0.39 is 9.84 Å². The quantitative estimate of drug-likeness (QED) is 0.878. The molecule has 1 aromatic rings. The fourth-order valence-electron chi connectivity index (χ4n) is 1.39. The van der Waals surface area contributed by atoms with Gasteiger partial charge in [-0.2, -0.15) is 0 Å². The topological polar surface area (TPSA) is 54.4 Å². The number of hydrogen-bond donors (Lipinski definition) is 1. The van der Waals surface area contributed by atoms with Crippen molar-refractivity contribution in [2.75, 3.05) is 12.4 Å². The molecule has 0 saturated heterocycles. The number of aliphatic hydroxyl groups excluding tert-OH is 1. The van der Waals surface area contributed by atoms with Gasteiger partial charge in [0.1, 0.15) is 0 Å². The number of aliphatic hydroxyl groups is 1. The van der Waals surface area contributed by atoms with E-state index in [0.29, 0.717) is 0 Å². The molecule has 0 unspecified atom stereocenters. The highest BCUT2D eigenvalue weighted by Crippen LogP contribution is 2.24. The summed E-state index contributed by atoms with van der Waals surface area (Å²) in [4.78, 5) is 0.286. The molecule has 16 heavy (non-hydrogen) atoms. The molecule has 1 rings (SSSR count). The van der Waals surface area contributed by atoms with E-state index in [1.807, 2.05) is 26.8 Å². The van der Waals surface area contributed by atoms with Gasteiger partial charge >= 0.3 is 0 Å². The fraction of sp³-hybridized carbons (Fsp3) is 0.500. The summed E-state index contributed by atoms with van der Waals surface area (Å²) in [6.45, 7) is 5.75. The summed E-state index contributed by atoms with van der Waals surface area (Å²) in [6.07, 6.45) is 0. The van der Waals surface area contributed by atoms with Gasteiger partial charge in [0.2, 0.25) is 0 Å². The first kappa shape index (κ1) is 13.2. The van der Waals surface area contributed by atoms with E-state index in [1.54, 1.807) is 18.2 Å². The number of rotatable bonds is 3. The molecule has 90 valence electrons. The van der Waals surface area contributed by atoms with E-state index in [4.69, 9.17) is 5.11 Å². The molecule has 0 aliphatic heterocycles. The minimum atomic E-state index is -3.34. The van der Waals surface area contributed by atoms with Crippen LogP contribution in [-0.4, -0.2) is 25.9 Å². The van der Waals surface area contributed by atoms with Gasteiger partial charge in [0, 0.05) is 0 Å². The van der Waals surface area contributed by atoms with Crippen molar-refractivity contribution in [3.05, 3.63) is 29.8 Å². The highest BCUT2D eigenvalue weighted by atomic mass is 32.2. The minimum absolute atomic E-state index is 0.0786. The number of benzene rings is 1. The van der Waals surface area contributed by atoms with Crippen molar-refractivity contribution in [2.45, 2.75) is 31.1 Å². The Bertz CT molecular complexity index is 455. The zero-order valence-electron chi connectivity index (χ0n) is 9.90. The third-order valence-corrected chi connectivity index (χ3v) is 4.11. The van der Waals surface area contributed by atoms with Crippen LogP contribution in [0.15, 0.2) is 29.2 Å². The molecule has 0 aromatic heterocycles. The molecule has 0 radical (unpaired) electrons. The van der Waals surface area contributed by atoms with Gasteiger partial charge in [-0.15, -0.1) is 0 Å². The van der Waals surface area contributed by atoms with Gasteiger partial charge in [-0.25, -0.2) is 8.42 Å². The second-order valence-electron chi connectivity index (χ2n) is 4.82. The molecule has 3 nitrogen and oxygen atoms in total. The van der Waals surface area contributed by atoms with Crippen LogP contribution in [0.25, 0.3) is 0 Å². The lowest BCUT2D eigenvalue weighted by atomic mass is 9.87. The SMILES string of the molecule is CC(C)(C)c1cccc(S(=O)(=O)CCO)c1. The van der Waals surface area contributed by atoms with Crippen LogP contribution in [0.4, 0.5) is 0 Å². The third-order valence-electron chi connectivity index (χ3n) is 2.42. The van der Waals surface area contributed by atoms with Crippen LogP contribution >= 0.6 is 0 Å². The molecule has 0 atom stereocenters. The van der Waals surface area contributed by atoms with Crippen LogP contribution in [0.3, 0.4) is 0 Å². The highest BCUT2D eigenvalue weighted by molar-refractivity contribution is 7.91. The van der Waals surface area contributed by atoms with E-state index in [-0.39, 0.29) is 22.7 Å².